The SMILES string of the molecule is C/C=C\SC(C)=S. The molecule has 0 aliphatic heterocycles. The van der Waals surface area contributed by atoms with Crippen molar-refractivity contribution in [2.45, 2.75) is 13.8 Å². The Morgan fingerprint density at radius 3 is 2.43 bits per heavy atom. The highest BCUT2D eigenvalue weighted by atomic mass is 32.2. The quantitative estimate of drug-likeness (QED) is 0.503. The maximum absolute atomic E-state index is 4.77. The van der Waals surface area contributed by atoms with Gasteiger partial charge in [0.15, 0.2) is 0 Å². The summed E-state index contributed by atoms with van der Waals surface area (Å²) in [6.45, 7) is 3.89. The summed E-state index contributed by atoms with van der Waals surface area (Å²) < 4.78 is 0.970. The second-order valence-corrected chi connectivity index (χ2v) is 3.07. The smallest absolute Gasteiger partial charge is 0.0490 e. The van der Waals surface area contributed by atoms with Crippen LogP contribution in [0.25, 0.3) is 0 Å². The Balaban J connectivity index is 3.14. The zero-order chi connectivity index (χ0) is 5.70. The molecule has 0 radical (unpaired) electrons. The first kappa shape index (κ1) is 7.18. The highest BCUT2D eigenvalue weighted by Crippen LogP contribution is 2.03. The molecule has 0 aromatic heterocycles. The summed E-state index contributed by atoms with van der Waals surface area (Å²) in [7, 11) is 0. The topological polar surface area (TPSA) is 0 Å². The standard InChI is InChI=1S/C5H8S2/c1-3-4-7-5(2)6/h3-4H,1-2H3/b4-3-. The fourth-order valence-electron chi connectivity index (χ4n) is 0.164. The molecule has 0 saturated carbocycles. The van der Waals surface area contributed by atoms with E-state index in [1.165, 1.54) is 0 Å². The molecule has 0 saturated heterocycles. The van der Waals surface area contributed by atoms with E-state index in [2.05, 4.69) is 0 Å². The van der Waals surface area contributed by atoms with Gasteiger partial charge in [-0.1, -0.05) is 30.1 Å². The van der Waals surface area contributed by atoms with Crippen molar-refractivity contribution in [2.24, 2.45) is 0 Å². The predicted molar refractivity (Wildman–Crippen MR) is 40.7 cm³/mol. The third-order valence-electron chi connectivity index (χ3n) is 0.370. The van der Waals surface area contributed by atoms with Gasteiger partial charge in [0.2, 0.25) is 0 Å². The van der Waals surface area contributed by atoms with Gasteiger partial charge >= 0.3 is 0 Å². The van der Waals surface area contributed by atoms with Crippen LogP contribution in [0, 0.1) is 0 Å². The lowest BCUT2D eigenvalue weighted by atomic mass is 10.8. The van der Waals surface area contributed by atoms with Crippen LogP contribution in [0.15, 0.2) is 11.5 Å². The summed E-state index contributed by atoms with van der Waals surface area (Å²) in [5, 5.41) is 1.97. The van der Waals surface area contributed by atoms with Gasteiger partial charge in [-0.3, -0.25) is 0 Å². The molecular formula is C5H8S2. The van der Waals surface area contributed by atoms with Crippen LogP contribution in [-0.4, -0.2) is 4.20 Å². The molecule has 0 heterocycles. The molecule has 40 valence electrons. The van der Waals surface area contributed by atoms with Gasteiger partial charge in [-0.25, -0.2) is 0 Å². The zero-order valence-corrected chi connectivity index (χ0v) is 6.10. The molecule has 7 heavy (non-hydrogen) atoms. The lowest BCUT2D eigenvalue weighted by Gasteiger charge is -1.81. The van der Waals surface area contributed by atoms with E-state index in [-0.39, 0.29) is 0 Å². The van der Waals surface area contributed by atoms with Crippen LogP contribution in [0.3, 0.4) is 0 Å². The number of rotatable bonds is 1. The maximum Gasteiger partial charge on any atom is 0.0490 e. The van der Waals surface area contributed by atoms with E-state index >= 15 is 0 Å². The summed E-state index contributed by atoms with van der Waals surface area (Å²) in [6, 6.07) is 0. The molecule has 0 aliphatic rings. The van der Waals surface area contributed by atoms with E-state index in [0.29, 0.717) is 0 Å². The average Bonchev–Trinajstić information content (AvgIpc) is 1.61. The molecule has 0 bridgehead atoms. The minimum absolute atomic E-state index is 0.970. The van der Waals surface area contributed by atoms with Crippen molar-refractivity contribution in [1.29, 1.82) is 0 Å². The van der Waals surface area contributed by atoms with Gasteiger partial charge in [0.25, 0.3) is 0 Å². The number of hydrogen-bond acceptors (Lipinski definition) is 2. The Morgan fingerprint density at radius 2 is 2.29 bits per heavy atom. The van der Waals surface area contributed by atoms with E-state index in [9.17, 15) is 0 Å². The van der Waals surface area contributed by atoms with E-state index in [1.807, 2.05) is 25.3 Å². The highest BCUT2D eigenvalue weighted by Gasteiger charge is 1.76. The van der Waals surface area contributed by atoms with Crippen LogP contribution in [0.2, 0.25) is 0 Å². The minimum Gasteiger partial charge on any atom is -0.0914 e. The van der Waals surface area contributed by atoms with E-state index in [4.69, 9.17) is 12.2 Å². The van der Waals surface area contributed by atoms with Crippen molar-refractivity contribution in [3.63, 3.8) is 0 Å². The summed E-state index contributed by atoms with van der Waals surface area (Å²) in [4.78, 5) is 0. The van der Waals surface area contributed by atoms with Crippen LogP contribution in [0.1, 0.15) is 13.8 Å². The molecule has 0 nitrogen and oxygen atoms in total. The number of hydrogen-bond donors (Lipinski definition) is 0. The lowest BCUT2D eigenvalue weighted by molar-refractivity contribution is 1.79. The first-order valence-electron chi connectivity index (χ1n) is 2.05. The van der Waals surface area contributed by atoms with Crippen LogP contribution in [0.5, 0.6) is 0 Å². The van der Waals surface area contributed by atoms with Gasteiger partial charge < -0.3 is 0 Å². The summed E-state index contributed by atoms with van der Waals surface area (Å²) in [5.74, 6) is 0. The van der Waals surface area contributed by atoms with Crippen molar-refractivity contribution in [2.75, 3.05) is 0 Å². The molecule has 0 aromatic carbocycles. The largest absolute Gasteiger partial charge is 0.0914 e. The monoisotopic (exact) mass is 132 g/mol. The Labute approximate surface area is 54.0 Å². The van der Waals surface area contributed by atoms with E-state index < -0.39 is 0 Å². The van der Waals surface area contributed by atoms with Crippen molar-refractivity contribution < 1.29 is 0 Å². The maximum atomic E-state index is 4.77. The number of thiocarbonyl (C=S) groups is 1. The summed E-state index contributed by atoms with van der Waals surface area (Å²) in [5.41, 5.74) is 0. The normalized spacial score (nSPS) is 10.0. The third kappa shape index (κ3) is 6.18. The first-order chi connectivity index (χ1) is 3.27. The second kappa shape index (κ2) is 4.34. The molecule has 0 fully saturated rings. The second-order valence-electron chi connectivity index (χ2n) is 1.08. The number of thioether (sulfide) groups is 1. The highest BCUT2D eigenvalue weighted by molar-refractivity contribution is 8.24. The van der Waals surface area contributed by atoms with Crippen molar-refractivity contribution in [3.05, 3.63) is 11.5 Å². The zero-order valence-electron chi connectivity index (χ0n) is 4.47. The summed E-state index contributed by atoms with van der Waals surface area (Å²) in [6.07, 6.45) is 1.97. The van der Waals surface area contributed by atoms with E-state index in [1.54, 1.807) is 11.8 Å². The van der Waals surface area contributed by atoms with Gasteiger partial charge in [-0.2, -0.15) is 0 Å². The molecule has 0 N–H and O–H groups in total. The van der Waals surface area contributed by atoms with Gasteiger partial charge in [-0.15, -0.1) is 0 Å². The molecule has 0 rings (SSSR count). The van der Waals surface area contributed by atoms with Crippen molar-refractivity contribution >= 4 is 28.2 Å². The van der Waals surface area contributed by atoms with Crippen LogP contribution in [-0.2, 0) is 0 Å². The molecule has 0 aromatic rings. The molecule has 0 spiro atoms. The molecule has 2 heteroatoms. The predicted octanol–water partition coefficient (Wildman–Crippen LogP) is 2.60. The molecular weight excluding hydrogens is 124 g/mol. The van der Waals surface area contributed by atoms with Crippen LogP contribution < -0.4 is 0 Å². The Bertz CT molecular complexity index is 84.1. The minimum atomic E-state index is 0.970. The molecule has 0 amide bonds. The van der Waals surface area contributed by atoms with E-state index in [0.717, 1.165) is 4.20 Å². The van der Waals surface area contributed by atoms with Gasteiger partial charge in [0, 0.05) is 4.20 Å². The lowest BCUT2D eigenvalue weighted by Crippen LogP contribution is -1.67. The van der Waals surface area contributed by atoms with Gasteiger partial charge in [0.05, 0.1) is 0 Å². The molecule has 0 aliphatic carbocycles. The van der Waals surface area contributed by atoms with Gasteiger partial charge in [-0.05, 0) is 19.3 Å². The van der Waals surface area contributed by atoms with Gasteiger partial charge in [0.1, 0.15) is 0 Å². The van der Waals surface area contributed by atoms with Crippen LogP contribution >= 0.6 is 24.0 Å². The Kier molecular flexibility index (Phi) is 4.45. The molecule has 0 unspecified atom stereocenters. The van der Waals surface area contributed by atoms with Crippen molar-refractivity contribution in [3.8, 4) is 0 Å². The Morgan fingerprint density at radius 1 is 1.71 bits per heavy atom. The fourth-order valence-corrected chi connectivity index (χ4v) is 0.658. The van der Waals surface area contributed by atoms with Crippen LogP contribution in [0.4, 0.5) is 0 Å². The number of allylic oxidation sites excluding steroid dienone is 1. The third-order valence-corrected chi connectivity index (χ3v) is 1.40. The first-order valence-corrected chi connectivity index (χ1v) is 3.34. The molecule has 0 atom stereocenters. The van der Waals surface area contributed by atoms with Crippen molar-refractivity contribution in [1.82, 2.24) is 0 Å². The summed E-state index contributed by atoms with van der Waals surface area (Å²) >= 11 is 6.35. The Hall–Kier alpha value is 0.180. The average molecular weight is 132 g/mol. The fraction of sp³-hybridized carbons (Fsp3) is 0.400.